The summed E-state index contributed by atoms with van der Waals surface area (Å²) in [6, 6.07) is 6.58. The van der Waals surface area contributed by atoms with E-state index in [0.29, 0.717) is 17.9 Å². The van der Waals surface area contributed by atoms with Crippen molar-refractivity contribution in [1.82, 2.24) is 10.2 Å². The summed E-state index contributed by atoms with van der Waals surface area (Å²) < 4.78 is 11.1. The Morgan fingerprint density at radius 2 is 2.20 bits per heavy atom. The van der Waals surface area contributed by atoms with Crippen molar-refractivity contribution < 1.29 is 19.1 Å². The van der Waals surface area contributed by atoms with Crippen molar-refractivity contribution in [3.63, 3.8) is 0 Å². The molecule has 0 radical (unpaired) electrons. The van der Waals surface area contributed by atoms with Crippen molar-refractivity contribution in [3.05, 3.63) is 35.7 Å². The van der Waals surface area contributed by atoms with Gasteiger partial charge >= 0.3 is 5.97 Å². The highest BCUT2D eigenvalue weighted by Gasteiger charge is 2.21. The molecule has 2 heterocycles. The predicted octanol–water partition coefficient (Wildman–Crippen LogP) is 2.16. The van der Waals surface area contributed by atoms with E-state index in [-0.39, 0.29) is 17.6 Å². The van der Waals surface area contributed by atoms with Gasteiger partial charge in [0.1, 0.15) is 0 Å². The maximum Gasteiger partial charge on any atom is 0.336 e. The zero-order chi connectivity index (χ0) is 13.9. The zero-order valence-electron chi connectivity index (χ0n) is 10.8. The topological polar surface area (TPSA) is 85.5 Å². The molecule has 3 rings (SSSR count). The van der Waals surface area contributed by atoms with Gasteiger partial charge in [0.2, 0.25) is 11.8 Å². The third-order valence-corrected chi connectivity index (χ3v) is 3.28. The molecule has 1 aromatic heterocycles. The van der Waals surface area contributed by atoms with E-state index in [1.807, 2.05) is 0 Å². The van der Waals surface area contributed by atoms with Crippen molar-refractivity contribution >= 4 is 5.97 Å². The van der Waals surface area contributed by atoms with E-state index >= 15 is 0 Å². The molecule has 6 nitrogen and oxygen atoms in total. The largest absolute Gasteiger partial charge is 0.478 e. The Morgan fingerprint density at radius 3 is 2.95 bits per heavy atom. The number of carboxylic acid groups (broad SMARTS) is 1. The highest BCUT2D eigenvalue weighted by Crippen LogP contribution is 2.24. The Labute approximate surface area is 115 Å². The van der Waals surface area contributed by atoms with Gasteiger partial charge in [-0.25, -0.2) is 4.79 Å². The first-order chi connectivity index (χ1) is 9.74. The molecule has 1 aromatic carbocycles. The quantitative estimate of drug-likeness (QED) is 0.919. The summed E-state index contributed by atoms with van der Waals surface area (Å²) in [5, 5.41) is 17.1. The van der Waals surface area contributed by atoms with E-state index in [0.717, 1.165) is 19.4 Å². The van der Waals surface area contributed by atoms with Crippen molar-refractivity contribution in [2.24, 2.45) is 0 Å². The molecule has 1 N–H and O–H groups in total. The molecule has 0 spiro atoms. The predicted molar refractivity (Wildman–Crippen MR) is 69.4 cm³/mol. The number of carbonyl (C=O) groups is 1. The van der Waals surface area contributed by atoms with Crippen LogP contribution in [0.25, 0.3) is 11.5 Å². The molecule has 1 saturated heterocycles. The molecule has 0 bridgehead atoms. The van der Waals surface area contributed by atoms with Crippen molar-refractivity contribution in [3.8, 4) is 11.5 Å². The highest BCUT2D eigenvalue weighted by atomic mass is 16.5. The molecule has 6 heteroatoms. The van der Waals surface area contributed by atoms with Crippen LogP contribution in [-0.2, 0) is 11.2 Å². The molecule has 0 aliphatic carbocycles. The first-order valence-electron chi connectivity index (χ1n) is 6.50. The smallest absolute Gasteiger partial charge is 0.336 e. The van der Waals surface area contributed by atoms with Gasteiger partial charge in [-0.3, -0.25) is 0 Å². The fourth-order valence-corrected chi connectivity index (χ4v) is 2.30. The maximum absolute atomic E-state index is 11.2. The van der Waals surface area contributed by atoms with Crippen molar-refractivity contribution in [2.45, 2.75) is 25.4 Å². The van der Waals surface area contributed by atoms with Gasteiger partial charge in [0.15, 0.2) is 0 Å². The van der Waals surface area contributed by atoms with E-state index in [2.05, 4.69) is 10.2 Å². The van der Waals surface area contributed by atoms with Crippen LogP contribution in [0, 0.1) is 0 Å². The lowest BCUT2D eigenvalue weighted by Crippen LogP contribution is -2.08. The molecule has 1 unspecified atom stereocenters. The highest BCUT2D eigenvalue weighted by molar-refractivity contribution is 5.94. The minimum absolute atomic E-state index is 0.123. The first kappa shape index (κ1) is 12.8. The second-order valence-electron chi connectivity index (χ2n) is 4.69. The minimum atomic E-state index is -1.01. The van der Waals surface area contributed by atoms with Crippen LogP contribution in [0.2, 0.25) is 0 Å². The summed E-state index contributed by atoms with van der Waals surface area (Å²) in [5.74, 6) is -0.303. The van der Waals surface area contributed by atoms with Gasteiger partial charge in [0.05, 0.1) is 23.7 Å². The van der Waals surface area contributed by atoms with Crippen LogP contribution in [0.3, 0.4) is 0 Å². The maximum atomic E-state index is 11.2. The van der Waals surface area contributed by atoms with Crippen molar-refractivity contribution in [1.29, 1.82) is 0 Å². The number of nitrogens with zero attached hydrogens (tertiary/aromatic N) is 2. The number of carboxylic acids is 1. The second kappa shape index (κ2) is 5.42. The fraction of sp³-hybridized carbons (Fsp3) is 0.357. The average Bonchev–Trinajstić information content (AvgIpc) is 3.11. The molecular formula is C14H14N2O4. The van der Waals surface area contributed by atoms with Crippen LogP contribution in [0.4, 0.5) is 0 Å². The number of benzene rings is 1. The SMILES string of the molecule is O=C(O)c1ccccc1-c1nnc(CC2CCCO2)o1. The molecule has 1 aliphatic heterocycles. The molecule has 1 aliphatic rings. The van der Waals surface area contributed by atoms with E-state index in [1.54, 1.807) is 18.2 Å². The third-order valence-electron chi connectivity index (χ3n) is 3.28. The molecule has 1 fully saturated rings. The van der Waals surface area contributed by atoms with Gasteiger partial charge in [-0.15, -0.1) is 10.2 Å². The van der Waals surface area contributed by atoms with Gasteiger partial charge in [0, 0.05) is 6.61 Å². The number of hydrogen-bond donors (Lipinski definition) is 1. The second-order valence-corrected chi connectivity index (χ2v) is 4.69. The summed E-state index contributed by atoms with van der Waals surface area (Å²) in [6.07, 6.45) is 2.73. The Morgan fingerprint density at radius 1 is 1.35 bits per heavy atom. The number of aromatic nitrogens is 2. The molecule has 0 saturated carbocycles. The molecule has 0 amide bonds. The van der Waals surface area contributed by atoms with Crippen LogP contribution >= 0.6 is 0 Å². The number of ether oxygens (including phenoxy) is 1. The van der Waals surface area contributed by atoms with Crippen molar-refractivity contribution in [2.75, 3.05) is 6.61 Å². The van der Waals surface area contributed by atoms with E-state index in [9.17, 15) is 4.79 Å². The molecule has 20 heavy (non-hydrogen) atoms. The lowest BCUT2D eigenvalue weighted by molar-refractivity contribution is 0.0697. The third kappa shape index (κ3) is 2.55. The Bertz CT molecular complexity index is 617. The lowest BCUT2D eigenvalue weighted by Gasteiger charge is -2.04. The Kier molecular flexibility index (Phi) is 3.47. The van der Waals surface area contributed by atoms with Gasteiger partial charge in [-0.1, -0.05) is 12.1 Å². The molecule has 104 valence electrons. The summed E-state index contributed by atoms with van der Waals surface area (Å²) in [7, 11) is 0. The summed E-state index contributed by atoms with van der Waals surface area (Å²) in [4.78, 5) is 11.2. The number of hydrogen-bond acceptors (Lipinski definition) is 5. The van der Waals surface area contributed by atoms with Crippen LogP contribution in [-0.4, -0.2) is 34.0 Å². The summed E-state index contributed by atoms with van der Waals surface area (Å²) in [6.45, 7) is 0.771. The normalized spacial score (nSPS) is 18.3. The van der Waals surface area contributed by atoms with E-state index in [4.69, 9.17) is 14.3 Å². The van der Waals surface area contributed by atoms with Crippen LogP contribution in [0.15, 0.2) is 28.7 Å². The first-order valence-corrected chi connectivity index (χ1v) is 6.50. The standard InChI is InChI=1S/C14H14N2O4/c17-14(18)11-6-2-1-5-10(11)13-16-15-12(20-13)8-9-4-3-7-19-9/h1-2,5-6,9H,3-4,7-8H2,(H,17,18). The van der Waals surface area contributed by atoms with Gasteiger partial charge in [0.25, 0.3) is 0 Å². The van der Waals surface area contributed by atoms with E-state index < -0.39 is 5.97 Å². The minimum Gasteiger partial charge on any atom is -0.478 e. The van der Waals surface area contributed by atoms with Crippen LogP contribution in [0.5, 0.6) is 0 Å². The van der Waals surface area contributed by atoms with Crippen LogP contribution in [0.1, 0.15) is 29.1 Å². The van der Waals surface area contributed by atoms with Gasteiger partial charge in [-0.05, 0) is 25.0 Å². The Balaban J connectivity index is 1.84. The zero-order valence-corrected chi connectivity index (χ0v) is 10.8. The molecule has 2 aromatic rings. The van der Waals surface area contributed by atoms with Gasteiger partial charge < -0.3 is 14.3 Å². The molecule has 1 atom stereocenters. The number of rotatable bonds is 4. The summed E-state index contributed by atoms with van der Waals surface area (Å²) in [5.41, 5.74) is 0.589. The Hall–Kier alpha value is -2.21. The monoisotopic (exact) mass is 274 g/mol. The number of aromatic carboxylic acids is 1. The summed E-state index contributed by atoms with van der Waals surface area (Å²) >= 11 is 0. The van der Waals surface area contributed by atoms with Gasteiger partial charge in [-0.2, -0.15) is 0 Å². The molecular weight excluding hydrogens is 260 g/mol. The lowest BCUT2D eigenvalue weighted by atomic mass is 10.1. The average molecular weight is 274 g/mol. The fourth-order valence-electron chi connectivity index (χ4n) is 2.30. The van der Waals surface area contributed by atoms with Crippen LogP contribution < -0.4 is 0 Å². The van der Waals surface area contributed by atoms with E-state index in [1.165, 1.54) is 6.07 Å².